The van der Waals surface area contributed by atoms with Gasteiger partial charge in [-0.25, -0.2) is 17.5 Å². The molecule has 1 saturated heterocycles. The van der Waals surface area contributed by atoms with Crippen LogP contribution in [-0.4, -0.2) is 41.3 Å². The van der Waals surface area contributed by atoms with Crippen LogP contribution in [0.2, 0.25) is 0 Å². The molecule has 0 saturated carbocycles. The van der Waals surface area contributed by atoms with Crippen LogP contribution < -0.4 is 0 Å². The second-order valence-corrected chi connectivity index (χ2v) is 9.91. The molecule has 5 rings (SSSR count). The van der Waals surface area contributed by atoms with Gasteiger partial charge in [-0.1, -0.05) is 6.07 Å². The molecule has 2 atom stereocenters. The molecular weight excluding hydrogens is 405 g/mol. The van der Waals surface area contributed by atoms with Crippen LogP contribution in [0.25, 0.3) is 5.69 Å². The molecule has 6 nitrogen and oxygen atoms in total. The lowest BCUT2D eigenvalue weighted by Gasteiger charge is -2.35. The lowest BCUT2D eigenvalue weighted by atomic mass is 9.98. The maximum absolute atomic E-state index is 13.6. The number of carbonyl (C=O) groups is 1. The Balaban J connectivity index is 1.49. The lowest BCUT2D eigenvalue weighted by molar-refractivity contribution is 0.0644. The van der Waals surface area contributed by atoms with E-state index in [1.165, 1.54) is 18.4 Å². The molecule has 2 aliphatic heterocycles. The number of fused-ring (bicyclic) bond motifs is 4. The molecule has 0 spiro atoms. The average molecular weight is 425 g/mol. The number of carbonyl (C=O) groups excluding carboxylic acids is 1. The molecule has 8 heteroatoms. The van der Waals surface area contributed by atoms with Crippen LogP contribution in [0.15, 0.2) is 59.6 Å². The summed E-state index contributed by atoms with van der Waals surface area (Å²) < 4.78 is 38.9. The van der Waals surface area contributed by atoms with Gasteiger partial charge >= 0.3 is 0 Å². The molecule has 30 heavy (non-hydrogen) atoms. The molecule has 2 aromatic carbocycles. The van der Waals surface area contributed by atoms with Gasteiger partial charge in [-0.2, -0.15) is 5.10 Å². The van der Waals surface area contributed by atoms with Gasteiger partial charge in [-0.05, 0) is 55.3 Å². The third-order valence-electron chi connectivity index (χ3n) is 6.01. The quantitative estimate of drug-likeness (QED) is 0.645. The van der Waals surface area contributed by atoms with Crippen LogP contribution >= 0.6 is 0 Å². The number of benzene rings is 2. The summed E-state index contributed by atoms with van der Waals surface area (Å²) in [5.74, 6) is -0.575. The SMILES string of the molecule is CS(=O)(=O)c1ccc(-n2ncc3c2C[C@H]2CC[C@@H]3N2C(=O)c2cccc(F)c2)cc1. The van der Waals surface area contributed by atoms with Gasteiger partial charge in [0.2, 0.25) is 0 Å². The largest absolute Gasteiger partial charge is 0.328 e. The van der Waals surface area contributed by atoms with E-state index in [0.29, 0.717) is 12.0 Å². The van der Waals surface area contributed by atoms with Gasteiger partial charge in [0, 0.05) is 29.8 Å². The van der Waals surface area contributed by atoms with Crippen molar-refractivity contribution in [2.24, 2.45) is 0 Å². The highest BCUT2D eigenvalue weighted by Gasteiger charge is 2.44. The van der Waals surface area contributed by atoms with Gasteiger partial charge in [0.1, 0.15) is 5.82 Å². The second kappa shape index (κ2) is 6.77. The fourth-order valence-corrected chi connectivity index (χ4v) is 5.25. The molecule has 3 heterocycles. The zero-order chi connectivity index (χ0) is 21.0. The summed E-state index contributed by atoms with van der Waals surface area (Å²) in [6.45, 7) is 0. The predicted octanol–water partition coefficient (Wildman–Crippen LogP) is 3.32. The maximum Gasteiger partial charge on any atom is 0.254 e. The minimum Gasteiger partial charge on any atom is -0.328 e. The third-order valence-corrected chi connectivity index (χ3v) is 7.14. The second-order valence-electron chi connectivity index (χ2n) is 7.90. The number of hydrogen-bond acceptors (Lipinski definition) is 4. The first-order valence-electron chi connectivity index (χ1n) is 9.78. The Morgan fingerprint density at radius 2 is 1.90 bits per heavy atom. The summed E-state index contributed by atoms with van der Waals surface area (Å²) in [6, 6.07) is 12.4. The Kier molecular flexibility index (Phi) is 4.28. The normalized spacial score (nSPS) is 20.3. The van der Waals surface area contributed by atoms with Gasteiger partial charge in [-0.3, -0.25) is 4.79 Å². The van der Waals surface area contributed by atoms with Crippen molar-refractivity contribution in [3.05, 3.63) is 77.4 Å². The van der Waals surface area contributed by atoms with Crippen LogP contribution in [0, 0.1) is 5.82 Å². The van der Waals surface area contributed by atoms with Crippen LogP contribution in [0.3, 0.4) is 0 Å². The smallest absolute Gasteiger partial charge is 0.254 e. The molecule has 3 aromatic rings. The molecule has 0 unspecified atom stereocenters. The number of sulfone groups is 1. The van der Waals surface area contributed by atoms with Crippen LogP contribution in [0.1, 0.15) is 40.5 Å². The Morgan fingerprint density at radius 1 is 1.13 bits per heavy atom. The Morgan fingerprint density at radius 3 is 2.60 bits per heavy atom. The minimum atomic E-state index is -3.26. The molecule has 1 amide bonds. The fraction of sp³-hybridized carbons (Fsp3) is 0.273. The third kappa shape index (κ3) is 3.02. The van der Waals surface area contributed by atoms with Crippen molar-refractivity contribution in [2.45, 2.75) is 36.2 Å². The number of halogens is 1. The first-order valence-corrected chi connectivity index (χ1v) is 11.7. The minimum absolute atomic E-state index is 0.0315. The van der Waals surface area contributed by atoms with E-state index in [1.54, 1.807) is 42.6 Å². The number of nitrogens with zero attached hydrogens (tertiary/aromatic N) is 3. The molecule has 1 fully saturated rings. The van der Waals surface area contributed by atoms with Crippen molar-refractivity contribution in [1.29, 1.82) is 0 Å². The van der Waals surface area contributed by atoms with Crippen molar-refractivity contribution in [1.82, 2.24) is 14.7 Å². The molecule has 154 valence electrons. The first kappa shape index (κ1) is 19.0. The Hall–Kier alpha value is -3.00. The molecule has 2 bridgehead atoms. The van der Waals surface area contributed by atoms with Crippen LogP contribution in [-0.2, 0) is 16.3 Å². The molecular formula is C22H20FN3O3S. The standard InChI is InChI=1S/C22H20FN3O3S/c1-30(28,29)18-8-5-16(6-9-18)26-21-12-17-7-10-20(19(21)13-24-26)25(17)22(27)14-3-2-4-15(23)11-14/h2-6,8-9,11,13,17,20H,7,10,12H2,1H3/t17-,20+/m1/s1. The van der Waals surface area contributed by atoms with Crippen molar-refractivity contribution < 1.29 is 17.6 Å². The van der Waals surface area contributed by atoms with E-state index in [4.69, 9.17) is 0 Å². The highest BCUT2D eigenvalue weighted by Crippen LogP contribution is 2.44. The van der Waals surface area contributed by atoms with E-state index >= 15 is 0 Å². The molecule has 2 aliphatic rings. The molecule has 0 aliphatic carbocycles. The highest BCUT2D eigenvalue weighted by atomic mass is 32.2. The maximum atomic E-state index is 13.6. The summed E-state index contributed by atoms with van der Waals surface area (Å²) in [7, 11) is -3.26. The summed E-state index contributed by atoms with van der Waals surface area (Å²) in [4.78, 5) is 15.2. The molecule has 0 N–H and O–H groups in total. The zero-order valence-corrected chi connectivity index (χ0v) is 17.1. The van der Waals surface area contributed by atoms with E-state index in [1.807, 2.05) is 9.58 Å². The predicted molar refractivity (Wildman–Crippen MR) is 109 cm³/mol. The highest BCUT2D eigenvalue weighted by molar-refractivity contribution is 7.90. The van der Waals surface area contributed by atoms with E-state index in [9.17, 15) is 17.6 Å². The van der Waals surface area contributed by atoms with Crippen LogP contribution in [0.4, 0.5) is 4.39 Å². The van der Waals surface area contributed by atoms with Crippen molar-refractivity contribution >= 4 is 15.7 Å². The number of rotatable bonds is 3. The number of aromatic nitrogens is 2. The average Bonchev–Trinajstić information content (AvgIpc) is 3.28. The van der Waals surface area contributed by atoms with Gasteiger partial charge < -0.3 is 4.90 Å². The van der Waals surface area contributed by atoms with E-state index in [0.717, 1.165) is 29.8 Å². The van der Waals surface area contributed by atoms with Gasteiger partial charge in [0.25, 0.3) is 5.91 Å². The lowest BCUT2D eigenvalue weighted by Crippen LogP contribution is -2.42. The molecule has 1 aromatic heterocycles. The number of hydrogen-bond donors (Lipinski definition) is 0. The fourth-order valence-electron chi connectivity index (χ4n) is 4.62. The Labute approximate surface area is 173 Å². The number of amides is 1. The van der Waals surface area contributed by atoms with Gasteiger partial charge in [0.05, 0.1) is 28.5 Å². The van der Waals surface area contributed by atoms with Crippen molar-refractivity contribution in [2.75, 3.05) is 6.26 Å². The van der Waals surface area contributed by atoms with Gasteiger partial charge in [-0.15, -0.1) is 0 Å². The topological polar surface area (TPSA) is 72.3 Å². The first-order chi connectivity index (χ1) is 14.3. The summed E-state index contributed by atoms with van der Waals surface area (Å²) in [6.07, 6.45) is 5.35. The summed E-state index contributed by atoms with van der Waals surface area (Å²) in [5, 5.41) is 4.53. The van der Waals surface area contributed by atoms with E-state index in [-0.39, 0.29) is 22.9 Å². The summed E-state index contributed by atoms with van der Waals surface area (Å²) in [5.41, 5.74) is 3.19. The molecule has 0 radical (unpaired) electrons. The summed E-state index contributed by atoms with van der Waals surface area (Å²) >= 11 is 0. The van der Waals surface area contributed by atoms with Crippen molar-refractivity contribution in [3.63, 3.8) is 0 Å². The Bertz CT molecular complexity index is 1250. The van der Waals surface area contributed by atoms with E-state index in [2.05, 4.69) is 5.10 Å². The van der Waals surface area contributed by atoms with Crippen LogP contribution in [0.5, 0.6) is 0 Å². The van der Waals surface area contributed by atoms with Gasteiger partial charge in [0.15, 0.2) is 9.84 Å². The monoisotopic (exact) mass is 425 g/mol. The van der Waals surface area contributed by atoms with Crippen molar-refractivity contribution in [3.8, 4) is 5.69 Å². The van der Waals surface area contributed by atoms with E-state index < -0.39 is 15.7 Å². The zero-order valence-electron chi connectivity index (χ0n) is 16.3.